The van der Waals surface area contributed by atoms with Gasteiger partial charge in [0.15, 0.2) is 18.2 Å². The van der Waals surface area contributed by atoms with Gasteiger partial charge in [0.1, 0.15) is 5.82 Å². The van der Waals surface area contributed by atoms with Crippen molar-refractivity contribution in [3.05, 3.63) is 54.1 Å². The number of anilines is 2. The first-order chi connectivity index (χ1) is 12.1. The molecule has 1 saturated heterocycles. The Kier molecular flexibility index (Phi) is 5.48. The molecule has 0 aromatic heterocycles. The first kappa shape index (κ1) is 17.2. The first-order valence-electron chi connectivity index (χ1n) is 8.34. The number of amides is 1. The minimum Gasteiger partial charge on any atom is -0.481 e. The fourth-order valence-corrected chi connectivity index (χ4v) is 2.84. The number of hydrogen-bond acceptors (Lipinski definition) is 3. The molecule has 3 rings (SSSR count). The second-order valence-electron chi connectivity index (χ2n) is 6.01. The van der Waals surface area contributed by atoms with E-state index < -0.39 is 17.5 Å². The summed E-state index contributed by atoms with van der Waals surface area (Å²) in [4.78, 5) is 14.2. The summed E-state index contributed by atoms with van der Waals surface area (Å²) in [6, 6.07) is 10.6. The predicted octanol–water partition coefficient (Wildman–Crippen LogP) is 3.97. The van der Waals surface area contributed by atoms with Crippen molar-refractivity contribution in [3.8, 4) is 5.75 Å². The summed E-state index contributed by atoms with van der Waals surface area (Å²) >= 11 is 0. The number of benzene rings is 2. The zero-order chi connectivity index (χ0) is 17.6. The van der Waals surface area contributed by atoms with Gasteiger partial charge in [0, 0.05) is 30.5 Å². The maximum Gasteiger partial charge on any atom is 0.262 e. The number of carbonyl (C=O) groups is 1. The summed E-state index contributed by atoms with van der Waals surface area (Å²) in [7, 11) is 0. The molecule has 0 aliphatic carbocycles. The largest absolute Gasteiger partial charge is 0.481 e. The molecule has 0 bridgehead atoms. The number of ether oxygens (including phenoxy) is 1. The highest BCUT2D eigenvalue weighted by molar-refractivity contribution is 5.92. The Balaban J connectivity index is 1.52. The van der Waals surface area contributed by atoms with Gasteiger partial charge in [-0.05, 0) is 55.7 Å². The van der Waals surface area contributed by atoms with Crippen LogP contribution in [0.25, 0.3) is 0 Å². The summed E-state index contributed by atoms with van der Waals surface area (Å²) in [6.07, 6.45) is 3.69. The average molecular weight is 346 g/mol. The van der Waals surface area contributed by atoms with Gasteiger partial charge < -0.3 is 15.0 Å². The molecule has 1 heterocycles. The highest BCUT2D eigenvalue weighted by Gasteiger charge is 2.11. The van der Waals surface area contributed by atoms with E-state index in [2.05, 4.69) is 10.2 Å². The monoisotopic (exact) mass is 346 g/mol. The van der Waals surface area contributed by atoms with Gasteiger partial charge in [-0.1, -0.05) is 0 Å². The van der Waals surface area contributed by atoms with Crippen LogP contribution in [0.5, 0.6) is 5.75 Å². The van der Waals surface area contributed by atoms with Crippen molar-refractivity contribution in [3.63, 3.8) is 0 Å². The molecule has 25 heavy (non-hydrogen) atoms. The first-order valence-corrected chi connectivity index (χ1v) is 8.34. The molecule has 1 aliphatic heterocycles. The molecule has 0 radical (unpaired) electrons. The quantitative estimate of drug-likeness (QED) is 0.891. The van der Waals surface area contributed by atoms with Crippen molar-refractivity contribution in [1.29, 1.82) is 0 Å². The third-order valence-corrected chi connectivity index (χ3v) is 4.12. The van der Waals surface area contributed by atoms with E-state index >= 15 is 0 Å². The molecule has 1 aliphatic rings. The lowest BCUT2D eigenvalue weighted by atomic mass is 10.1. The van der Waals surface area contributed by atoms with Crippen molar-refractivity contribution in [2.75, 3.05) is 29.9 Å². The third-order valence-electron chi connectivity index (χ3n) is 4.12. The number of carbonyl (C=O) groups excluding carboxylic acids is 1. The fraction of sp³-hybridized carbons (Fsp3) is 0.316. The van der Waals surface area contributed by atoms with Crippen LogP contribution in [0.1, 0.15) is 19.3 Å². The molecule has 0 saturated carbocycles. The number of rotatable bonds is 5. The topological polar surface area (TPSA) is 41.6 Å². The predicted molar refractivity (Wildman–Crippen MR) is 93.0 cm³/mol. The van der Waals surface area contributed by atoms with Crippen LogP contribution in [0, 0.1) is 11.6 Å². The maximum absolute atomic E-state index is 13.4. The van der Waals surface area contributed by atoms with Gasteiger partial charge >= 0.3 is 0 Å². The summed E-state index contributed by atoms with van der Waals surface area (Å²) in [5.74, 6) is -2.09. The van der Waals surface area contributed by atoms with Crippen LogP contribution in [-0.2, 0) is 4.79 Å². The molecule has 1 N–H and O–H groups in total. The Hall–Kier alpha value is -2.63. The number of halogens is 2. The van der Waals surface area contributed by atoms with Crippen molar-refractivity contribution in [1.82, 2.24) is 0 Å². The van der Waals surface area contributed by atoms with Gasteiger partial charge in [0.2, 0.25) is 0 Å². The van der Waals surface area contributed by atoms with Gasteiger partial charge in [-0.3, -0.25) is 4.79 Å². The normalized spacial score (nSPS) is 14.2. The van der Waals surface area contributed by atoms with E-state index in [0.717, 1.165) is 30.9 Å². The van der Waals surface area contributed by atoms with Crippen LogP contribution in [0.3, 0.4) is 0 Å². The van der Waals surface area contributed by atoms with Crippen LogP contribution < -0.4 is 15.0 Å². The van der Waals surface area contributed by atoms with Gasteiger partial charge in [-0.2, -0.15) is 0 Å². The summed E-state index contributed by atoms with van der Waals surface area (Å²) < 4.78 is 31.4. The Bertz CT molecular complexity index is 729. The second kappa shape index (κ2) is 7.96. The minimum absolute atomic E-state index is 0.156. The molecular formula is C19H20F2N2O2. The summed E-state index contributed by atoms with van der Waals surface area (Å²) in [6.45, 7) is 1.77. The van der Waals surface area contributed by atoms with E-state index in [9.17, 15) is 13.6 Å². The number of nitrogens with one attached hydrogen (secondary N) is 1. The maximum atomic E-state index is 13.4. The fourth-order valence-electron chi connectivity index (χ4n) is 2.84. The summed E-state index contributed by atoms with van der Waals surface area (Å²) in [5.41, 5.74) is 1.79. The van der Waals surface area contributed by atoms with E-state index in [1.807, 2.05) is 24.3 Å². The van der Waals surface area contributed by atoms with Crippen LogP contribution in [0.2, 0.25) is 0 Å². The van der Waals surface area contributed by atoms with E-state index in [1.54, 1.807) is 0 Å². The Morgan fingerprint density at radius 3 is 2.44 bits per heavy atom. The van der Waals surface area contributed by atoms with E-state index in [-0.39, 0.29) is 12.4 Å². The van der Waals surface area contributed by atoms with Gasteiger partial charge in [0.05, 0.1) is 0 Å². The summed E-state index contributed by atoms with van der Waals surface area (Å²) in [5, 5.41) is 2.69. The lowest BCUT2D eigenvalue weighted by Crippen LogP contribution is -2.29. The lowest BCUT2D eigenvalue weighted by Gasteiger charge is -2.28. The highest BCUT2D eigenvalue weighted by atomic mass is 19.1. The molecule has 132 valence electrons. The number of hydrogen-bond donors (Lipinski definition) is 1. The molecule has 0 spiro atoms. The van der Waals surface area contributed by atoms with E-state index in [4.69, 9.17) is 4.74 Å². The van der Waals surface area contributed by atoms with Crippen LogP contribution in [-0.4, -0.2) is 25.6 Å². The van der Waals surface area contributed by atoms with Crippen molar-refractivity contribution in [2.45, 2.75) is 19.3 Å². The highest BCUT2D eigenvalue weighted by Crippen LogP contribution is 2.22. The SMILES string of the molecule is O=C(COc1ccc(F)cc1F)Nc1ccc(N2CCCCC2)cc1. The Morgan fingerprint density at radius 1 is 1.04 bits per heavy atom. The molecule has 0 unspecified atom stereocenters. The minimum atomic E-state index is -0.835. The van der Waals surface area contributed by atoms with Gasteiger partial charge in [0.25, 0.3) is 5.91 Å². The van der Waals surface area contributed by atoms with E-state index in [0.29, 0.717) is 11.8 Å². The zero-order valence-corrected chi connectivity index (χ0v) is 13.8. The van der Waals surface area contributed by atoms with Crippen LogP contribution in [0.4, 0.5) is 20.2 Å². The molecule has 1 amide bonds. The van der Waals surface area contributed by atoms with Crippen LogP contribution in [0.15, 0.2) is 42.5 Å². The average Bonchev–Trinajstić information content (AvgIpc) is 2.62. The lowest BCUT2D eigenvalue weighted by molar-refractivity contribution is -0.118. The molecule has 2 aromatic rings. The number of piperidine rings is 1. The Morgan fingerprint density at radius 2 is 1.76 bits per heavy atom. The standard InChI is InChI=1S/C19H20F2N2O2/c20-14-4-9-18(17(21)12-14)25-13-19(24)22-15-5-7-16(8-6-15)23-10-2-1-3-11-23/h4-9,12H,1-3,10-11,13H2,(H,22,24). The van der Waals surface area contributed by atoms with Crippen molar-refractivity contribution in [2.24, 2.45) is 0 Å². The third kappa shape index (κ3) is 4.68. The molecule has 4 nitrogen and oxygen atoms in total. The van der Waals surface area contributed by atoms with Gasteiger partial charge in [-0.25, -0.2) is 8.78 Å². The zero-order valence-electron chi connectivity index (χ0n) is 13.8. The second-order valence-corrected chi connectivity index (χ2v) is 6.01. The Labute approximate surface area is 145 Å². The van der Waals surface area contributed by atoms with Crippen LogP contribution >= 0.6 is 0 Å². The molecule has 0 atom stereocenters. The van der Waals surface area contributed by atoms with Gasteiger partial charge in [-0.15, -0.1) is 0 Å². The molecular weight excluding hydrogens is 326 g/mol. The molecule has 2 aromatic carbocycles. The smallest absolute Gasteiger partial charge is 0.262 e. The number of nitrogens with zero attached hydrogens (tertiary/aromatic N) is 1. The molecule has 6 heteroatoms. The van der Waals surface area contributed by atoms with Crippen molar-refractivity contribution < 1.29 is 18.3 Å². The molecule has 1 fully saturated rings. The van der Waals surface area contributed by atoms with Crippen molar-refractivity contribution >= 4 is 17.3 Å². The van der Waals surface area contributed by atoms with E-state index in [1.165, 1.54) is 19.3 Å².